The lowest BCUT2D eigenvalue weighted by Gasteiger charge is -2.20. The number of nitrogens with one attached hydrogen (secondary N) is 1. The fraction of sp³-hybridized carbons (Fsp3) is 0.0741. The van der Waals surface area contributed by atoms with E-state index < -0.39 is 11.8 Å². The second-order valence-electron chi connectivity index (χ2n) is 15.4. The van der Waals surface area contributed by atoms with Gasteiger partial charge in [0.1, 0.15) is 11.5 Å². The number of carbonyl (C=O) groups is 2. The van der Waals surface area contributed by atoms with Gasteiger partial charge in [-0.1, -0.05) is 145 Å². The number of nitrogens with zero attached hydrogens (tertiary/aromatic N) is 2. The van der Waals surface area contributed by atoms with Crippen LogP contribution < -0.4 is 5.32 Å². The zero-order valence-electron chi connectivity index (χ0n) is 33.3. The zero-order chi connectivity index (χ0) is 41.5. The van der Waals surface area contributed by atoms with Gasteiger partial charge in [-0.05, 0) is 78.5 Å². The second kappa shape index (κ2) is 15.8. The molecule has 0 unspecified atom stereocenters. The van der Waals surface area contributed by atoms with Gasteiger partial charge in [0.05, 0.1) is 33.5 Å². The predicted octanol–water partition coefficient (Wildman–Crippen LogP) is 11.8. The number of hydrogen-bond donors (Lipinski definition) is 3. The van der Waals surface area contributed by atoms with Crippen LogP contribution in [0, 0.1) is 0 Å². The average Bonchev–Trinajstić information content (AvgIpc) is 3.89. The number of phenols is 2. The molecule has 1 saturated heterocycles. The highest BCUT2D eigenvalue weighted by Crippen LogP contribution is 2.43. The third kappa shape index (κ3) is 6.71. The fourth-order valence-electron chi connectivity index (χ4n) is 8.81. The lowest BCUT2D eigenvalue weighted by atomic mass is 9.95. The maximum Gasteiger partial charge on any atom is 0.264 e. The molecule has 7 heteroatoms. The Morgan fingerprint density at radius 1 is 0.525 bits per heavy atom. The van der Waals surface area contributed by atoms with E-state index in [0.29, 0.717) is 56.8 Å². The summed E-state index contributed by atoms with van der Waals surface area (Å²) in [5.74, 6) is -0.733. The molecule has 296 valence electrons. The molecule has 0 aliphatic carbocycles. The Balaban J connectivity index is 1.20. The van der Waals surface area contributed by atoms with Crippen molar-refractivity contribution < 1.29 is 19.8 Å². The maximum atomic E-state index is 15.8. The fourth-order valence-corrected chi connectivity index (χ4v) is 8.81. The van der Waals surface area contributed by atoms with Crippen LogP contribution in [0.3, 0.4) is 0 Å². The number of rotatable bonds is 7. The van der Waals surface area contributed by atoms with Crippen LogP contribution in [0.2, 0.25) is 0 Å². The van der Waals surface area contributed by atoms with Crippen LogP contribution in [-0.4, -0.2) is 44.3 Å². The number of fused-ring (bicyclic) bond motifs is 2. The molecule has 10 rings (SSSR count). The Bertz CT molecular complexity index is 3170. The van der Waals surface area contributed by atoms with Gasteiger partial charge in [-0.25, -0.2) is 0 Å². The summed E-state index contributed by atoms with van der Waals surface area (Å²) in [6.07, 6.45) is 3.86. The van der Waals surface area contributed by atoms with Crippen molar-refractivity contribution in [1.29, 1.82) is 0 Å². The molecule has 3 N–H and O–H groups in total. The van der Waals surface area contributed by atoms with Crippen LogP contribution in [0.4, 0.5) is 0 Å². The number of piperidine rings is 1. The van der Waals surface area contributed by atoms with Gasteiger partial charge in [0.15, 0.2) is 0 Å². The summed E-state index contributed by atoms with van der Waals surface area (Å²) >= 11 is 0. The van der Waals surface area contributed by atoms with E-state index in [1.165, 1.54) is 0 Å². The highest BCUT2D eigenvalue weighted by atomic mass is 16.3. The van der Waals surface area contributed by atoms with Gasteiger partial charge < -0.3 is 15.5 Å². The highest BCUT2D eigenvalue weighted by molar-refractivity contribution is 6.17. The van der Waals surface area contributed by atoms with Gasteiger partial charge in [0.2, 0.25) is 0 Å². The first-order chi connectivity index (χ1) is 30.0. The van der Waals surface area contributed by atoms with Crippen molar-refractivity contribution in [2.45, 2.75) is 12.8 Å². The molecule has 61 heavy (non-hydrogen) atoms. The summed E-state index contributed by atoms with van der Waals surface area (Å²) in [6, 6.07) is 55.0. The van der Waals surface area contributed by atoms with Gasteiger partial charge >= 0.3 is 0 Å². The van der Waals surface area contributed by atoms with Crippen molar-refractivity contribution in [3.63, 3.8) is 0 Å². The highest BCUT2D eigenvalue weighted by Gasteiger charge is 2.30. The van der Waals surface area contributed by atoms with E-state index in [9.17, 15) is 10.2 Å². The summed E-state index contributed by atoms with van der Waals surface area (Å²) in [6.45, 7) is 1.58. The molecule has 2 aromatic heterocycles. The Morgan fingerprint density at radius 2 is 1.02 bits per heavy atom. The first-order valence-corrected chi connectivity index (χ1v) is 20.6. The first kappa shape index (κ1) is 37.5. The normalized spacial score (nSPS) is 13.5. The monoisotopic (exact) mass is 795 g/mol. The molecule has 0 bridgehead atoms. The molecule has 1 aliphatic rings. The predicted molar refractivity (Wildman–Crippen MR) is 245 cm³/mol. The largest absolute Gasteiger partial charge is 0.507 e. The number of para-hydroxylation sites is 4. The van der Waals surface area contributed by atoms with Crippen molar-refractivity contribution in [3.05, 3.63) is 198 Å². The number of aromatic nitrogens is 2. The van der Waals surface area contributed by atoms with Gasteiger partial charge in [-0.3, -0.25) is 18.7 Å². The molecule has 0 radical (unpaired) electrons. The Morgan fingerprint density at radius 3 is 1.56 bits per heavy atom. The van der Waals surface area contributed by atoms with Crippen LogP contribution in [0.25, 0.3) is 72.7 Å². The van der Waals surface area contributed by atoms with E-state index in [0.717, 1.165) is 46.9 Å². The van der Waals surface area contributed by atoms with E-state index in [4.69, 9.17) is 0 Å². The molecule has 7 nitrogen and oxygen atoms in total. The smallest absolute Gasteiger partial charge is 0.264 e. The number of aromatic hydroxyl groups is 2. The molecule has 0 atom stereocenters. The van der Waals surface area contributed by atoms with Crippen molar-refractivity contribution >= 4 is 39.7 Å². The van der Waals surface area contributed by atoms with Crippen molar-refractivity contribution in [2.75, 3.05) is 13.1 Å². The molecule has 7 aromatic carbocycles. The number of phenolic OH excluding ortho intramolecular Hbond substituents is 2. The summed E-state index contributed by atoms with van der Waals surface area (Å²) < 4.78 is 3.25. The molecule has 0 spiro atoms. The van der Waals surface area contributed by atoms with Crippen molar-refractivity contribution in [1.82, 2.24) is 14.5 Å². The first-order valence-electron chi connectivity index (χ1n) is 20.6. The summed E-state index contributed by atoms with van der Waals surface area (Å²) in [5, 5.41) is 29.0. The quantitative estimate of drug-likeness (QED) is 0.149. The van der Waals surface area contributed by atoms with Gasteiger partial charge in [0, 0.05) is 39.6 Å². The minimum Gasteiger partial charge on any atom is -0.507 e. The third-order valence-electron chi connectivity index (χ3n) is 11.7. The number of carbonyl (C=O) groups excluding carboxylic acids is 2. The Labute approximate surface area is 353 Å². The van der Waals surface area contributed by atoms with E-state index in [2.05, 4.69) is 5.32 Å². The van der Waals surface area contributed by atoms with E-state index in [1.807, 2.05) is 176 Å². The standard InChI is InChI=1S/C54H41N3O4/c58-51-41(36-16-3-1-4-17-36)23-12-25-43(51)48-32-38-20-7-9-28-46(38)56(48)53(60)45-27-11-22-40(31-35-15-14-30-55-34-35)50(45)54(61)57-47-29-10-8-21-39(47)33-49(57)44-26-13-24-42(52(44)59)37-18-5-2-6-19-37/h1-13,16-29,31-33,55,58-59H,14-15,30,34H2/b35-31-. The minimum absolute atomic E-state index is 0.0473. The maximum absolute atomic E-state index is 15.8. The molecule has 0 saturated carbocycles. The zero-order valence-corrected chi connectivity index (χ0v) is 33.3. The molecule has 0 amide bonds. The van der Waals surface area contributed by atoms with E-state index in [-0.39, 0.29) is 22.6 Å². The summed E-state index contributed by atoms with van der Waals surface area (Å²) in [4.78, 5) is 31.5. The van der Waals surface area contributed by atoms with Crippen molar-refractivity contribution in [2.24, 2.45) is 0 Å². The third-order valence-corrected chi connectivity index (χ3v) is 11.7. The minimum atomic E-state index is -0.419. The van der Waals surface area contributed by atoms with Crippen LogP contribution in [0.15, 0.2) is 181 Å². The topological polar surface area (TPSA) is 96.5 Å². The summed E-state index contributed by atoms with van der Waals surface area (Å²) in [7, 11) is 0. The molecule has 1 aliphatic heterocycles. The van der Waals surface area contributed by atoms with Gasteiger partial charge in [-0.15, -0.1) is 0 Å². The lowest BCUT2D eigenvalue weighted by Crippen LogP contribution is -2.24. The lowest BCUT2D eigenvalue weighted by molar-refractivity contribution is 0.0932. The van der Waals surface area contributed by atoms with Crippen LogP contribution in [-0.2, 0) is 0 Å². The van der Waals surface area contributed by atoms with Crippen LogP contribution >= 0.6 is 0 Å². The Hall–Kier alpha value is -7.74. The average molecular weight is 796 g/mol. The number of benzene rings is 7. The van der Waals surface area contributed by atoms with Crippen LogP contribution in [0.1, 0.15) is 39.1 Å². The molecule has 9 aromatic rings. The van der Waals surface area contributed by atoms with Crippen LogP contribution in [0.5, 0.6) is 11.5 Å². The van der Waals surface area contributed by atoms with Crippen molar-refractivity contribution in [3.8, 4) is 56.3 Å². The summed E-state index contributed by atoms with van der Waals surface area (Å²) in [5.41, 5.74) is 8.39. The molecular formula is C54H41N3O4. The van der Waals surface area contributed by atoms with Gasteiger partial charge in [-0.2, -0.15) is 0 Å². The SMILES string of the molecule is O=C(c1cccc(/C=C2/CCCNC2)c1C(=O)n1c(-c2cccc(-c3ccccc3)c2O)cc2ccccc21)n1c(-c2cccc(-c3ccccc3)c2O)cc2ccccc21. The Kier molecular flexibility index (Phi) is 9.71. The molecule has 1 fully saturated rings. The second-order valence-corrected chi connectivity index (χ2v) is 15.4. The van der Waals surface area contributed by atoms with E-state index >= 15 is 9.59 Å². The molecule has 3 heterocycles. The van der Waals surface area contributed by atoms with E-state index in [1.54, 1.807) is 15.2 Å². The number of hydrogen-bond acceptors (Lipinski definition) is 5. The van der Waals surface area contributed by atoms with Gasteiger partial charge in [0.25, 0.3) is 11.8 Å². The molecular weight excluding hydrogens is 755 g/mol.